The predicted molar refractivity (Wildman–Crippen MR) is 98.3 cm³/mol. The van der Waals surface area contributed by atoms with Crippen molar-refractivity contribution in [3.63, 3.8) is 0 Å². The average Bonchev–Trinajstić information content (AvgIpc) is 3.10. The Morgan fingerprint density at radius 1 is 1.41 bits per heavy atom. The van der Waals surface area contributed by atoms with Crippen molar-refractivity contribution in [2.75, 3.05) is 19.7 Å². The molecule has 2 atom stereocenters. The third-order valence-corrected chi connectivity index (χ3v) is 4.56. The number of alkyl carbamates (subject to hydrolysis) is 1. The number of nitrogens with zero attached hydrogens (tertiary/aromatic N) is 2. The van der Waals surface area contributed by atoms with E-state index in [9.17, 15) is 19.6 Å². The summed E-state index contributed by atoms with van der Waals surface area (Å²) in [6.45, 7) is 3.07. The first kappa shape index (κ1) is 20.7. The van der Waals surface area contributed by atoms with Crippen LogP contribution in [0, 0.1) is 24.2 Å². The van der Waals surface area contributed by atoms with Crippen LogP contribution in [-0.2, 0) is 16.0 Å². The zero-order valence-electron chi connectivity index (χ0n) is 15.3. The lowest BCUT2D eigenvalue weighted by atomic mass is 9.76. The average molecular weight is 373 g/mol. The first-order chi connectivity index (χ1) is 12.9. The van der Waals surface area contributed by atoms with Crippen LogP contribution < -0.4 is 5.32 Å². The highest BCUT2D eigenvalue weighted by Gasteiger charge is 2.29. The number of carbonyl (C=O) groups excluding carboxylic acids is 2. The van der Waals surface area contributed by atoms with Crippen molar-refractivity contribution in [3.8, 4) is 6.07 Å². The molecule has 27 heavy (non-hydrogen) atoms. The van der Waals surface area contributed by atoms with E-state index in [-0.39, 0.29) is 31.3 Å². The molecule has 0 radical (unpaired) electrons. The maximum Gasteiger partial charge on any atom is 0.475 e. The number of benzene rings is 1. The maximum absolute atomic E-state index is 12.0. The number of aryl methyl sites for hydroxylation is 1. The normalized spacial score (nSPS) is 17.1. The van der Waals surface area contributed by atoms with Crippen LogP contribution in [0.5, 0.6) is 0 Å². The Balaban J connectivity index is 1.78. The SMILES string of the molecule is Cc1ccc(CC(NC(=O)OCC2CCN(C(=O)CC#N)C2)B(O)O)cc1. The number of nitriles is 1. The molecule has 1 fully saturated rings. The lowest BCUT2D eigenvalue weighted by Gasteiger charge is -2.19. The molecular formula is C18H24BN3O5. The predicted octanol–water partition coefficient (Wildman–Crippen LogP) is 0.406. The van der Waals surface area contributed by atoms with Crippen molar-refractivity contribution in [1.82, 2.24) is 10.2 Å². The van der Waals surface area contributed by atoms with Crippen molar-refractivity contribution < 1.29 is 24.4 Å². The Labute approximate surface area is 158 Å². The number of nitrogens with one attached hydrogen (secondary N) is 1. The molecule has 0 bridgehead atoms. The van der Waals surface area contributed by atoms with Crippen LogP contribution in [0.2, 0.25) is 0 Å². The molecule has 1 aromatic rings. The number of hydrogen-bond donors (Lipinski definition) is 3. The molecular weight excluding hydrogens is 349 g/mol. The summed E-state index contributed by atoms with van der Waals surface area (Å²) in [7, 11) is -1.72. The standard InChI is InChI=1S/C18H24BN3O5/c1-13-2-4-14(5-3-13)10-16(19(25)26)21-18(24)27-12-15-7-9-22(11-15)17(23)6-8-20/h2-5,15-16,25-26H,6-7,9-12H2,1H3,(H,21,24). The second-order valence-electron chi connectivity index (χ2n) is 6.78. The van der Waals surface area contributed by atoms with Gasteiger partial charge in [0.2, 0.25) is 5.91 Å². The quantitative estimate of drug-likeness (QED) is 0.595. The molecule has 0 saturated carbocycles. The Kier molecular flexibility index (Phi) is 7.64. The van der Waals surface area contributed by atoms with Crippen LogP contribution >= 0.6 is 0 Å². The van der Waals surface area contributed by atoms with Gasteiger partial charge in [-0.15, -0.1) is 0 Å². The molecule has 3 N–H and O–H groups in total. The van der Waals surface area contributed by atoms with Gasteiger partial charge in [-0.1, -0.05) is 29.8 Å². The minimum Gasteiger partial charge on any atom is -0.449 e. The number of likely N-dealkylation sites (tertiary alicyclic amines) is 1. The molecule has 1 aromatic carbocycles. The molecule has 2 amide bonds. The number of ether oxygens (including phenoxy) is 1. The number of hydrogen-bond acceptors (Lipinski definition) is 6. The van der Waals surface area contributed by atoms with Crippen LogP contribution in [-0.4, -0.2) is 59.7 Å². The topological polar surface area (TPSA) is 123 Å². The van der Waals surface area contributed by atoms with E-state index < -0.39 is 19.2 Å². The fourth-order valence-electron chi connectivity index (χ4n) is 2.97. The third-order valence-electron chi connectivity index (χ3n) is 4.56. The molecule has 0 aliphatic carbocycles. The summed E-state index contributed by atoms with van der Waals surface area (Å²) in [4.78, 5) is 25.3. The van der Waals surface area contributed by atoms with E-state index in [0.29, 0.717) is 19.5 Å². The van der Waals surface area contributed by atoms with Gasteiger partial charge in [0.1, 0.15) is 6.42 Å². The zero-order chi connectivity index (χ0) is 19.8. The summed E-state index contributed by atoms with van der Waals surface area (Å²) < 4.78 is 5.18. The second-order valence-corrected chi connectivity index (χ2v) is 6.78. The molecule has 9 heteroatoms. The lowest BCUT2D eigenvalue weighted by Crippen LogP contribution is -2.48. The van der Waals surface area contributed by atoms with Gasteiger partial charge in [-0.25, -0.2) is 4.79 Å². The van der Waals surface area contributed by atoms with Crippen LogP contribution in [0.1, 0.15) is 24.0 Å². The monoisotopic (exact) mass is 373 g/mol. The van der Waals surface area contributed by atoms with E-state index in [2.05, 4.69) is 5.32 Å². The van der Waals surface area contributed by atoms with Crippen LogP contribution in [0.15, 0.2) is 24.3 Å². The van der Waals surface area contributed by atoms with Gasteiger partial charge < -0.3 is 25.0 Å². The first-order valence-electron chi connectivity index (χ1n) is 8.88. The molecule has 2 unspecified atom stereocenters. The number of rotatable bonds is 7. The fourth-order valence-corrected chi connectivity index (χ4v) is 2.97. The highest BCUT2D eigenvalue weighted by Crippen LogP contribution is 2.17. The summed E-state index contributed by atoms with van der Waals surface area (Å²) >= 11 is 0. The summed E-state index contributed by atoms with van der Waals surface area (Å²) in [6.07, 6.45) is 0.0673. The smallest absolute Gasteiger partial charge is 0.449 e. The summed E-state index contributed by atoms with van der Waals surface area (Å²) in [5.74, 6) is -1.10. The molecule has 2 rings (SSSR count). The molecule has 8 nitrogen and oxygen atoms in total. The zero-order valence-corrected chi connectivity index (χ0v) is 15.3. The number of carbonyl (C=O) groups is 2. The summed E-state index contributed by atoms with van der Waals surface area (Å²) in [5, 5.41) is 30.1. The van der Waals surface area contributed by atoms with Gasteiger partial charge in [0.05, 0.1) is 18.6 Å². The van der Waals surface area contributed by atoms with Gasteiger partial charge in [-0.05, 0) is 25.3 Å². The molecule has 1 heterocycles. The Hall–Kier alpha value is -2.57. The van der Waals surface area contributed by atoms with Gasteiger partial charge >= 0.3 is 13.2 Å². The highest BCUT2D eigenvalue weighted by molar-refractivity contribution is 6.43. The molecule has 144 valence electrons. The largest absolute Gasteiger partial charge is 0.475 e. The van der Waals surface area contributed by atoms with E-state index in [4.69, 9.17) is 10.00 Å². The minimum atomic E-state index is -1.72. The van der Waals surface area contributed by atoms with Gasteiger partial charge in [-0.2, -0.15) is 5.26 Å². The highest BCUT2D eigenvalue weighted by atomic mass is 16.5. The van der Waals surface area contributed by atoms with Gasteiger partial charge in [0, 0.05) is 19.0 Å². The minimum absolute atomic E-state index is 0.00740. The van der Waals surface area contributed by atoms with Gasteiger partial charge in [0.25, 0.3) is 0 Å². The van der Waals surface area contributed by atoms with Crippen LogP contribution in [0.3, 0.4) is 0 Å². The first-order valence-corrected chi connectivity index (χ1v) is 8.88. The van der Waals surface area contributed by atoms with Crippen LogP contribution in [0.25, 0.3) is 0 Å². The van der Waals surface area contributed by atoms with E-state index in [1.54, 1.807) is 4.90 Å². The van der Waals surface area contributed by atoms with Crippen molar-refractivity contribution in [2.24, 2.45) is 5.92 Å². The Morgan fingerprint density at radius 3 is 2.74 bits per heavy atom. The fraction of sp³-hybridized carbons (Fsp3) is 0.500. The van der Waals surface area contributed by atoms with Crippen molar-refractivity contribution >= 4 is 19.1 Å². The Morgan fingerprint density at radius 2 is 2.11 bits per heavy atom. The summed E-state index contributed by atoms with van der Waals surface area (Å²) in [5.41, 5.74) is 1.95. The van der Waals surface area contributed by atoms with E-state index in [0.717, 1.165) is 11.1 Å². The van der Waals surface area contributed by atoms with Gasteiger partial charge in [0.15, 0.2) is 0 Å². The molecule has 1 saturated heterocycles. The molecule has 0 aromatic heterocycles. The van der Waals surface area contributed by atoms with E-state index in [1.807, 2.05) is 37.3 Å². The summed E-state index contributed by atoms with van der Waals surface area (Å²) in [6, 6.07) is 9.38. The molecule has 1 aliphatic heterocycles. The van der Waals surface area contributed by atoms with E-state index in [1.165, 1.54) is 0 Å². The Bertz CT molecular complexity index is 689. The third kappa shape index (κ3) is 6.59. The van der Waals surface area contributed by atoms with Crippen LogP contribution in [0.4, 0.5) is 4.79 Å². The van der Waals surface area contributed by atoms with Gasteiger partial charge in [-0.3, -0.25) is 4.79 Å². The lowest BCUT2D eigenvalue weighted by molar-refractivity contribution is -0.129. The maximum atomic E-state index is 12.0. The second kappa shape index (κ2) is 9.95. The van der Waals surface area contributed by atoms with E-state index >= 15 is 0 Å². The molecule has 0 spiro atoms. The molecule has 1 aliphatic rings. The van der Waals surface area contributed by atoms with Crippen molar-refractivity contribution in [1.29, 1.82) is 5.26 Å². The van der Waals surface area contributed by atoms with Crippen molar-refractivity contribution in [3.05, 3.63) is 35.4 Å². The van der Waals surface area contributed by atoms with Crippen molar-refractivity contribution in [2.45, 2.75) is 32.1 Å². The number of amides is 2.